The maximum atomic E-state index is 9.98. The maximum absolute atomic E-state index is 9.98. The van der Waals surface area contributed by atoms with Crippen molar-refractivity contribution in [3.63, 3.8) is 0 Å². The lowest BCUT2D eigenvalue weighted by molar-refractivity contribution is 0.179. The first-order valence-corrected chi connectivity index (χ1v) is 16.3. The van der Waals surface area contributed by atoms with E-state index in [0.717, 1.165) is 65.7 Å². The molecule has 2 N–H and O–H groups in total. The van der Waals surface area contributed by atoms with Crippen LogP contribution in [-0.2, 0) is 0 Å². The Balaban J connectivity index is 1.43. The summed E-state index contributed by atoms with van der Waals surface area (Å²) in [4.78, 5) is 0. The van der Waals surface area contributed by atoms with E-state index in [1.165, 1.54) is 10.8 Å². The molecule has 8 aromatic carbocycles. The van der Waals surface area contributed by atoms with Gasteiger partial charge in [-0.3, -0.25) is 0 Å². The van der Waals surface area contributed by atoms with E-state index < -0.39 is 0 Å². The first kappa shape index (κ1) is 29.7. The third-order valence-electron chi connectivity index (χ3n) is 9.09. The molecule has 8 aromatic rings. The van der Waals surface area contributed by atoms with Gasteiger partial charge in [0.15, 0.2) is 11.5 Å². The van der Waals surface area contributed by atoms with E-state index in [1.54, 1.807) is 0 Å². The Morgan fingerprint density at radius 2 is 0.812 bits per heavy atom. The minimum Gasteiger partial charge on any atom is -0.487 e. The van der Waals surface area contributed by atoms with Crippen LogP contribution >= 0.6 is 0 Å². The second kappa shape index (κ2) is 12.8. The molecule has 4 heteroatoms. The highest BCUT2D eigenvalue weighted by molar-refractivity contribution is 6.16. The van der Waals surface area contributed by atoms with Gasteiger partial charge in [0.1, 0.15) is 13.2 Å². The molecule has 4 nitrogen and oxygen atoms in total. The monoisotopic (exact) mass is 626 g/mol. The van der Waals surface area contributed by atoms with Crippen LogP contribution in [0.2, 0.25) is 0 Å². The zero-order valence-corrected chi connectivity index (χ0v) is 26.4. The van der Waals surface area contributed by atoms with Gasteiger partial charge in [-0.1, -0.05) is 133 Å². The molecule has 0 saturated heterocycles. The van der Waals surface area contributed by atoms with Crippen LogP contribution in [0.1, 0.15) is 0 Å². The quantitative estimate of drug-likeness (QED) is 0.167. The van der Waals surface area contributed by atoms with E-state index in [2.05, 4.69) is 121 Å². The average Bonchev–Trinajstić information content (AvgIpc) is 3.15. The van der Waals surface area contributed by atoms with Crippen LogP contribution in [0.4, 0.5) is 0 Å². The summed E-state index contributed by atoms with van der Waals surface area (Å²) in [6.45, 7) is -0.124. The van der Waals surface area contributed by atoms with Gasteiger partial charge < -0.3 is 19.7 Å². The Morgan fingerprint density at radius 3 is 1.42 bits per heavy atom. The molecule has 0 aliphatic heterocycles. The van der Waals surface area contributed by atoms with E-state index in [0.29, 0.717) is 11.5 Å². The zero-order chi connectivity index (χ0) is 32.5. The highest BCUT2D eigenvalue weighted by atomic mass is 16.5. The number of hydrogen-bond donors (Lipinski definition) is 2. The number of aliphatic hydroxyl groups is 2. The largest absolute Gasteiger partial charge is 0.487 e. The number of aliphatic hydroxyl groups excluding tert-OH is 2. The van der Waals surface area contributed by atoms with Crippen LogP contribution in [-0.4, -0.2) is 36.6 Å². The number of ether oxygens (including phenoxy) is 2. The molecule has 0 heterocycles. The maximum Gasteiger partial charge on any atom is 0.170 e. The van der Waals surface area contributed by atoms with Gasteiger partial charge in [0.2, 0.25) is 0 Å². The third kappa shape index (κ3) is 5.22. The molecular weight excluding hydrogens is 592 g/mol. The topological polar surface area (TPSA) is 58.9 Å². The average molecular weight is 627 g/mol. The molecule has 48 heavy (non-hydrogen) atoms. The lowest BCUT2D eigenvalue weighted by Gasteiger charge is -2.24. The van der Waals surface area contributed by atoms with Crippen molar-refractivity contribution in [2.45, 2.75) is 0 Å². The SMILES string of the molecule is OCCOc1c(OCCO)c(-c2ccc(-c3ccc4ccccc4c3)c3ccccc23)c2ccccc2c1-c1ccc2ccccc2c1. The standard InChI is InChI=1S/C44H34O4/c45-23-25-47-43-41(34-20-18-30-10-2-4-12-32(30)28-34)38-15-7-8-16-39(38)42(44(43)48-26-24-46)40-22-21-35(36-13-5-6-14-37(36)40)33-19-17-29-9-1-3-11-31(29)27-33/h1-22,27-28,45-46H,23-26H2. The van der Waals surface area contributed by atoms with Crippen molar-refractivity contribution in [2.75, 3.05) is 26.4 Å². The number of fused-ring (bicyclic) bond motifs is 4. The number of rotatable bonds is 9. The van der Waals surface area contributed by atoms with E-state index in [-0.39, 0.29) is 26.4 Å². The molecule has 0 bridgehead atoms. The smallest absolute Gasteiger partial charge is 0.170 e. The third-order valence-corrected chi connectivity index (χ3v) is 9.09. The van der Waals surface area contributed by atoms with Gasteiger partial charge >= 0.3 is 0 Å². The van der Waals surface area contributed by atoms with E-state index in [1.807, 2.05) is 24.3 Å². The Kier molecular flexibility index (Phi) is 7.95. The van der Waals surface area contributed by atoms with Crippen molar-refractivity contribution in [1.29, 1.82) is 0 Å². The molecule has 0 radical (unpaired) electrons. The van der Waals surface area contributed by atoms with Gasteiger partial charge in [0, 0.05) is 11.1 Å². The first-order valence-electron chi connectivity index (χ1n) is 16.3. The molecule has 0 saturated carbocycles. The van der Waals surface area contributed by atoms with Crippen molar-refractivity contribution < 1.29 is 19.7 Å². The first-order chi connectivity index (χ1) is 23.7. The van der Waals surface area contributed by atoms with Crippen LogP contribution in [0.3, 0.4) is 0 Å². The summed E-state index contributed by atoms with van der Waals surface area (Å²) < 4.78 is 12.9. The van der Waals surface area contributed by atoms with Gasteiger partial charge in [0.05, 0.1) is 13.2 Å². The molecule has 0 atom stereocenters. The highest BCUT2D eigenvalue weighted by Gasteiger charge is 2.26. The second-order valence-corrected chi connectivity index (χ2v) is 11.9. The van der Waals surface area contributed by atoms with Gasteiger partial charge in [-0.25, -0.2) is 0 Å². The minimum absolute atomic E-state index is 0.0884. The summed E-state index contributed by atoms with van der Waals surface area (Å²) in [6.07, 6.45) is 0. The lowest BCUT2D eigenvalue weighted by atomic mass is 9.86. The summed E-state index contributed by atoms with van der Waals surface area (Å²) in [5.74, 6) is 1.09. The summed E-state index contributed by atoms with van der Waals surface area (Å²) >= 11 is 0. The molecule has 0 unspecified atom stereocenters. The van der Waals surface area contributed by atoms with Crippen molar-refractivity contribution in [3.05, 3.63) is 146 Å². The molecular formula is C44H34O4. The number of benzene rings is 8. The van der Waals surface area contributed by atoms with Crippen molar-refractivity contribution in [1.82, 2.24) is 0 Å². The highest BCUT2D eigenvalue weighted by Crippen LogP contribution is 2.53. The molecule has 0 spiro atoms. The minimum atomic E-state index is -0.154. The van der Waals surface area contributed by atoms with E-state index in [9.17, 15) is 10.2 Å². The molecule has 0 aliphatic rings. The molecule has 0 aromatic heterocycles. The molecule has 0 amide bonds. The molecule has 234 valence electrons. The van der Waals surface area contributed by atoms with E-state index >= 15 is 0 Å². The van der Waals surface area contributed by atoms with Crippen molar-refractivity contribution >= 4 is 43.1 Å². The van der Waals surface area contributed by atoms with Crippen LogP contribution in [0.15, 0.2) is 146 Å². The summed E-state index contributed by atoms with van der Waals surface area (Å²) in [6, 6.07) is 50.9. The Morgan fingerprint density at radius 1 is 0.375 bits per heavy atom. The predicted molar refractivity (Wildman–Crippen MR) is 198 cm³/mol. The fraction of sp³-hybridized carbons (Fsp3) is 0.0909. The predicted octanol–water partition coefficient (Wildman–Crippen LogP) is 10.0. The molecule has 0 fully saturated rings. The summed E-state index contributed by atoms with van der Waals surface area (Å²) in [7, 11) is 0. The molecule has 8 rings (SSSR count). The Hall–Kier alpha value is -5.68. The lowest BCUT2D eigenvalue weighted by Crippen LogP contribution is -2.09. The van der Waals surface area contributed by atoms with Gasteiger partial charge in [-0.15, -0.1) is 0 Å². The second-order valence-electron chi connectivity index (χ2n) is 11.9. The molecule has 0 aliphatic carbocycles. The van der Waals surface area contributed by atoms with Crippen molar-refractivity contribution in [2.24, 2.45) is 0 Å². The van der Waals surface area contributed by atoms with Crippen LogP contribution < -0.4 is 9.47 Å². The van der Waals surface area contributed by atoms with Crippen molar-refractivity contribution in [3.8, 4) is 44.9 Å². The zero-order valence-electron chi connectivity index (χ0n) is 26.4. The Bertz CT molecular complexity index is 2450. The van der Waals surface area contributed by atoms with Gasteiger partial charge in [-0.2, -0.15) is 0 Å². The number of hydrogen-bond acceptors (Lipinski definition) is 4. The Labute approximate surface area is 279 Å². The van der Waals surface area contributed by atoms with Crippen LogP contribution in [0.25, 0.3) is 76.5 Å². The van der Waals surface area contributed by atoms with Crippen LogP contribution in [0, 0.1) is 0 Å². The van der Waals surface area contributed by atoms with E-state index in [4.69, 9.17) is 9.47 Å². The fourth-order valence-corrected chi connectivity index (χ4v) is 6.99. The fourth-order valence-electron chi connectivity index (χ4n) is 6.99. The van der Waals surface area contributed by atoms with Gasteiger partial charge in [-0.05, 0) is 77.5 Å². The summed E-state index contributed by atoms with van der Waals surface area (Å²) in [5.41, 5.74) is 6.05. The summed E-state index contributed by atoms with van der Waals surface area (Å²) in [5, 5.41) is 28.8. The normalized spacial score (nSPS) is 11.5. The van der Waals surface area contributed by atoms with Crippen LogP contribution in [0.5, 0.6) is 11.5 Å². The van der Waals surface area contributed by atoms with Gasteiger partial charge in [0.25, 0.3) is 0 Å².